The van der Waals surface area contributed by atoms with E-state index in [1.54, 1.807) is 24.3 Å². The van der Waals surface area contributed by atoms with Gasteiger partial charge in [-0.05, 0) is 50.7 Å². The number of allylic oxidation sites excluding steroid dienone is 1. The third kappa shape index (κ3) is 6.02. The van der Waals surface area contributed by atoms with Crippen molar-refractivity contribution in [1.29, 1.82) is 0 Å². The molecule has 0 radical (unpaired) electrons. The SMILES string of the molecule is C=CCC[C@H](C)CC(CC)OS(=O)(=O)c1ccc(C)cc1. The van der Waals surface area contributed by atoms with Gasteiger partial charge in [-0.25, -0.2) is 0 Å². The molecule has 3 nitrogen and oxygen atoms in total. The van der Waals surface area contributed by atoms with Gasteiger partial charge < -0.3 is 0 Å². The zero-order valence-electron chi connectivity index (χ0n) is 13.2. The molecule has 0 aliphatic heterocycles. The number of hydrogen-bond donors (Lipinski definition) is 0. The van der Waals surface area contributed by atoms with Gasteiger partial charge in [0.15, 0.2) is 0 Å². The van der Waals surface area contributed by atoms with Crippen LogP contribution < -0.4 is 0 Å². The summed E-state index contributed by atoms with van der Waals surface area (Å²) in [7, 11) is -3.67. The predicted octanol–water partition coefficient (Wildman–Crippen LogP) is 4.47. The summed E-state index contributed by atoms with van der Waals surface area (Å²) in [6.07, 6.45) is 5.01. The van der Waals surface area contributed by atoms with Crippen LogP contribution >= 0.6 is 0 Å². The molecule has 0 aromatic heterocycles. The normalized spacial score (nSPS) is 14.6. The second-order valence-corrected chi connectivity index (χ2v) is 7.17. The van der Waals surface area contributed by atoms with E-state index in [-0.39, 0.29) is 11.0 Å². The van der Waals surface area contributed by atoms with Crippen LogP contribution in [0, 0.1) is 12.8 Å². The molecule has 1 aromatic rings. The highest BCUT2D eigenvalue weighted by Crippen LogP contribution is 2.22. The van der Waals surface area contributed by atoms with Crippen LogP contribution in [0.1, 0.15) is 45.1 Å². The Balaban J connectivity index is 2.70. The molecule has 118 valence electrons. The summed E-state index contributed by atoms with van der Waals surface area (Å²) in [4.78, 5) is 0.227. The second-order valence-electron chi connectivity index (χ2n) is 5.60. The first-order valence-electron chi connectivity index (χ1n) is 7.50. The van der Waals surface area contributed by atoms with E-state index in [0.717, 1.165) is 24.8 Å². The highest BCUT2D eigenvalue weighted by Gasteiger charge is 2.22. The van der Waals surface area contributed by atoms with Crippen LogP contribution in [0.4, 0.5) is 0 Å². The minimum Gasteiger partial charge on any atom is -0.263 e. The lowest BCUT2D eigenvalue weighted by atomic mass is 9.97. The Morgan fingerprint density at radius 1 is 1.29 bits per heavy atom. The smallest absolute Gasteiger partial charge is 0.263 e. The Kier molecular flexibility index (Phi) is 7.12. The number of rotatable bonds is 9. The van der Waals surface area contributed by atoms with Crippen LogP contribution in [0.15, 0.2) is 41.8 Å². The van der Waals surface area contributed by atoms with E-state index in [2.05, 4.69) is 13.5 Å². The van der Waals surface area contributed by atoms with Gasteiger partial charge in [-0.2, -0.15) is 8.42 Å². The summed E-state index contributed by atoms with van der Waals surface area (Å²) in [6, 6.07) is 6.75. The monoisotopic (exact) mass is 310 g/mol. The van der Waals surface area contributed by atoms with Crippen molar-refractivity contribution in [3.05, 3.63) is 42.5 Å². The van der Waals surface area contributed by atoms with Crippen molar-refractivity contribution >= 4 is 10.1 Å². The van der Waals surface area contributed by atoms with Gasteiger partial charge in [-0.1, -0.05) is 37.6 Å². The summed E-state index contributed by atoms with van der Waals surface area (Å²) >= 11 is 0. The lowest BCUT2D eigenvalue weighted by molar-refractivity contribution is 0.171. The molecule has 0 N–H and O–H groups in total. The van der Waals surface area contributed by atoms with Gasteiger partial charge in [0, 0.05) is 0 Å². The summed E-state index contributed by atoms with van der Waals surface area (Å²) in [5, 5.41) is 0. The first kappa shape index (κ1) is 17.9. The quantitative estimate of drug-likeness (QED) is 0.499. The van der Waals surface area contributed by atoms with E-state index >= 15 is 0 Å². The number of hydrogen-bond acceptors (Lipinski definition) is 3. The first-order chi connectivity index (χ1) is 9.89. The van der Waals surface area contributed by atoms with Crippen LogP contribution in [0.25, 0.3) is 0 Å². The van der Waals surface area contributed by atoms with Gasteiger partial charge in [0.25, 0.3) is 10.1 Å². The van der Waals surface area contributed by atoms with Crippen molar-refractivity contribution < 1.29 is 12.6 Å². The first-order valence-corrected chi connectivity index (χ1v) is 8.90. The maximum absolute atomic E-state index is 12.3. The molecule has 0 amide bonds. The van der Waals surface area contributed by atoms with Crippen LogP contribution in [-0.4, -0.2) is 14.5 Å². The van der Waals surface area contributed by atoms with Crippen LogP contribution in [0.3, 0.4) is 0 Å². The maximum Gasteiger partial charge on any atom is 0.297 e. The van der Waals surface area contributed by atoms with Crippen LogP contribution in [0.5, 0.6) is 0 Å². The second kappa shape index (κ2) is 8.35. The van der Waals surface area contributed by atoms with E-state index in [1.807, 2.05) is 19.9 Å². The highest BCUT2D eigenvalue weighted by molar-refractivity contribution is 7.86. The topological polar surface area (TPSA) is 43.4 Å². The third-order valence-corrected chi connectivity index (χ3v) is 4.93. The molecule has 1 rings (SSSR count). The average molecular weight is 310 g/mol. The minimum absolute atomic E-state index is 0.227. The zero-order valence-corrected chi connectivity index (χ0v) is 14.0. The molecule has 0 saturated carbocycles. The molecule has 0 aliphatic carbocycles. The number of aryl methyl sites for hydroxylation is 1. The molecule has 21 heavy (non-hydrogen) atoms. The average Bonchev–Trinajstić information content (AvgIpc) is 2.44. The Hall–Kier alpha value is -1.13. The van der Waals surface area contributed by atoms with E-state index in [9.17, 15) is 8.42 Å². The van der Waals surface area contributed by atoms with Gasteiger partial charge in [0.05, 0.1) is 11.0 Å². The molecule has 0 heterocycles. The molecule has 1 aromatic carbocycles. The highest BCUT2D eigenvalue weighted by atomic mass is 32.2. The third-order valence-electron chi connectivity index (χ3n) is 3.56. The van der Waals surface area contributed by atoms with E-state index in [4.69, 9.17) is 4.18 Å². The van der Waals surface area contributed by atoms with Crippen molar-refractivity contribution in [2.45, 2.75) is 57.5 Å². The molecular weight excluding hydrogens is 284 g/mol. The lowest BCUT2D eigenvalue weighted by Gasteiger charge is -2.19. The Morgan fingerprint density at radius 3 is 2.43 bits per heavy atom. The largest absolute Gasteiger partial charge is 0.297 e. The van der Waals surface area contributed by atoms with Gasteiger partial charge in [0.2, 0.25) is 0 Å². The van der Waals surface area contributed by atoms with E-state index in [0.29, 0.717) is 12.3 Å². The summed E-state index contributed by atoms with van der Waals surface area (Å²) in [5.41, 5.74) is 1.03. The van der Waals surface area contributed by atoms with Crippen molar-refractivity contribution in [3.63, 3.8) is 0 Å². The molecule has 0 spiro atoms. The fourth-order valence-electron chi connectivity index (χ4n) is 2.18. The lowest BCUT2D eigenvalue weighted by Crippen LogP contribution is -2.20. The molecule has 0 bridgehead atoms. The molecule has 1 unspecified atom stereocenters. The van der Waals surface area contributed by atoms with Crippen molar-refractivity contribution in [2.75, 3.05) is 0 Å². The van der Waals surface area contributed by atoms with Gasteiger partial charge in [-0.15, -0.1) is 6.58 Å². The fourth-order valence-corrected chi connectivity index (χ4v) is 3.34. The van der Waals surface area contributed by atoms with Crippen molar-refractivity contribution in [3.8, 4) is 0 Å². The van der Waals surface area contributed by atoms with E-state index < -0.39 is 10.1 Å². The Morgan fingerprint density at radius 2 is 1.90 bits per heavy atom. The fraction of sp³-hybridized carbons (Fsp3) is 0.529. The molecule has 0 saturated heterocycles. The van der Waals surface area contributed by atoms with Crippen LogP contribution in [-0.2, 0) is 14.3 Å². The molecule has 4 heteroatoms. The molecule has 2 atom stereocenters. The number of benzene rings is 1. The summed E-state index contributed by atoms with van der Waals surface area (Å²) in [6.45, 7) is 9.71. The summed E-state index contributed by atoms with van der Waals surface area (Å²) in [5.74, 6) is 0.418. The molecule has 0 aliphatic rings. The van der Waals surface area contributed by atoms with Crippen LogP contribution in [0.2, 0.25) is 0 Å². The molecule has 0 fully saturated rings. The van der Waals surface area contributed by atoms with Gasteiger partial charge in [0.1, 0.15) is 0 Å². The van der Waals surface area contributed by atoms with E-state index in [1.165, 1.54) is 0 Å². The van der Waals surface area contributed by atoms with Gasteiger partial charge >= 0.3 is 0 Å². The predicted molar refractivity (Wildman–Crippen MR) is 86.7 cm³/mol. The minimum atomic E-state index is -3.67. The standard InChI is InChI=1S/C17H26O3S/c1-5-7-8-15(4)13-16(6-2)20-21(18,19)17-11-9-14(3)10-12-17/h5,9-12,15-16H,1,6-8,13H2,2-4H3/t15-,16?/m0/s1. The van der Waals surface area contributed by atoms with Crippen molar-refractivity contribution in [1.82, 2.24) is 0 Å². The Bertz CT molecular complexity index is 532. The zero-order chi connectivity index (χ0) is 15.9. The summed E-state index contributed by atoms with van der Waals surface area (Å²) < 4.78 is 29.9. The van der Waals surface area contributed by atoms with Crippen molar-refractivity contribution in [2.24, 2.45) is 5.92 Å². The van der Waals surface area contributed by atoms with Gasteiger partial charge in [-0.3, -0.25) is 4.18 Å². The Labute approximate surface area is 129 Å². The molecular formula is C17H26O3S. The maximum atomic E-state index is 12.3.